The molecule has 11 heavy (non-hydrogen) atoms. The molecule has 0 spiro atoms. The molecule has 0 saturated heterocycles. The molecule has 0 bridgehead atoms. The number of hydrogen-bond donors (Lipinski definition) is 0. The van der Waals surface area contributed by atoms with Crippen LogP contribution in [-0.2, 0) is 0 Å². The van der Waals surface area contributed by atoms with E-state index >= 15 is 0 Å². The molecule has 1 heterocycles. The molecule has 0 aliphatic rings. The van der Waals surface area contributed by atoms with Crippen LogP contribution in [0.25, 0.3) is 0 Å². The molecule has 0 amide bonds. The van der Waals surface area contributed by atoms with Crippen LogP contribution in [0, 0.1) is 20.2 Å². The number of aromatic nitrogens is 2. The maximum absolute atomic E-state index is 9.93. The summed E-state index contributed by atoms with van der Waals surface area (Å²) < 4.78 is 3.89. The summed E-state index contributed by atoms with van der Waals surface area (Å²) in [7, 11) is 0. The Morgan fingerprint density at radius 1 is 1.27 bits per heavy atom. The predicted molar refractivity (Wildman–Crippen MR) is 27.6 cm³/mol. The molecule has 0 fully saturated rings. The molecule has 58 valence electrons. The Hall–Kier alpha value is -2.06. The smallest absolute Gasteiger partial charge is 0.357 e. The highest BCUT2D eigenvalue weighted by Crippen LogP contribution is 2.21. The summed E-state index contributed by atoms with van der Waals surface area (Å²) in [5.74, 6) is -2.05. The molecule has 0 aliphatic carbocycles. The molecule has 9 nitrogen and oxygen atoms in total. The SMILES string of the molecule is O=[N+]([O-])c1nnoc1[N+](=O)[O-]. The molecule has 1 aromatic rings. The lowest BCUT2D eigenvalue weighted by Gasteiger charge is -1.82. The van der Waals surface area contributed by atoms with Crippen LogP contribution in [0.15, 0.2) is 4.52 Å². The molecule has 0 N–H and O–H groups in total. The minimum Gasteiger partial charge on any atom is -0.357 e. The highest BCUT2D eigenvalue weighted by molar-refractivity contribution is 5.33. The van der Waals surface area contributed by atoms with Gasteiger partial charge in [-0.15, -0.1) is 0 Å². The van der Waals surface area contributed by atoms with Gasteiger partial charge >= 0.3 is 11.7 Å². The number of nitro groups is 2. The van der Waals surface area contributed by atoms with Crippen molar-refractivity contribution in [1.82, 2.24) is 10.4 Å². The van der Waals surface area contributed by atoms with Crippen molar-refractivity contribution >= 4 is 11.7 Å². The highest BCUT2D eigenvalue weighted by Gasteiger charge is 2.33. The van der Waals surface area contributed by atoms with Crippen molar-refractivity contribution in [2.75, 3.05) is 0 Å². The summed E-state index contributed by atoms with van der Waals surface area (Å²) in [6.45, 7) is 0. The Labute approximate surface area is 57.9 Å². The molecule has 9 heteroatoms. The van der Waals surface area contributed by atoms with Gasteiger partial charge in [-0.2, -0.15) is 0 Å². The van der Waals surface area contributed by atoms with Gasteiger partial charge in [-0.05, 0) is 4.92 Å². The zero-order valence-electron chi connectivity index (χ0n) is 4.83. The quantitative estimate of drug-likeness (QED) is 0.436. The van der Waals surface area contributed by atoms with Crippen molar-refractivity contribution in [3.05, 3.63) is 20.2 Å². The van der Waals surface area contributed by atoms with Crippen molar-refractivity contribution in [1.29, 1.82) is 0 Å². The van der Waals surface area contributed by atoms with Gasteiger partial charge in [-0.1, -0.05) is 0 Å². The zero-order chi connectivity index (χ0) is 8.43. The van der Waals surface area contributed by atoms with Gasteiger partial charge in [0, 0.05) is 0 Å². The summed E-state index contributed by atoms with van der Waals surface area (Å²) in [5.41, 5.74) is 0. The number of hydrogen-bond acceptors (Lipinski definition) is 7. The Bertz CT molecular complexity index is 275. The lowest BCUT2D eigenvalue weighted by Crippen LogP contribution is -1.93. The Kier molecular flexibility index (Phi) is 1.46. The van der Waals surface area contributed by atoms with Gasteiger partial charge in [-0.3, -0.25) is 10.1 Å². The topological polar surface area (TPSA) is 125 Å². The van der Waals surface area contributed by atoms with Gasteiger partial charge in [-0.25, -0.2) is 4.52 Å². The average molecular weight is 160 g/mol. The molecule has 0 aliphatic heterocycles. The molecule has 0 radical (unpaired) electrons. The van der Waals surface area contributed by atoms with E-state index < -0.39 is 21.5 Å². The van der Waals surface area contributed by atoms with Crippen LogP contribution in [0.4, 0.5) is 11.7 Å². The van der Waals surface area contributed by atoms with Crippen molar-refractivity contribution in [2.24, 2.45) is 0 Å². The molecule has 0 saturated carbocycles. The van der Waals surface area contributed by atoms with Gasteiger partial charge in [0.2, 0.25) is 0 Å². The standard InChI is InChI=1S/C2N4O5/c7-5(8)1-2(6(9)10)11-4-3-1. The molecule has 0 aromatic carbocycles. The summed E-state index contributed by atoms with van der Waals surface area (Å²) in [6, 6.07) is 0. The normalized spacial score (nSPS) is 9.45. The van der Waals surface area contributed by atoms with Crippen molar-refractivity contribution in [3.63, 3.8) is 0 Å². The summed E-state index contributed by atoms with van der Waals surface area (Å²) >= 11 is 0. The van der Waals surface area contributed by atoms with E-state index in [0.29, 0.717) is 0 Å². The second-order valence-electron chi connectivity index (χ2n) is 1.42. The van der Waals surface area contributed by atoms with Crippen LogP contribution < -0.4 is 0 Å². The second-order valence-corrected chi connectivity index (χ2v) is 1.42. The van der Waals surface area contributed by atoms with Crippen LogP contribution in [0.5, 0.6) is 0 Å². The fraction of sp³-hybridized carbons (Fsp3) is 0. The van der Waals surface area contributed by atoms with Gasteiger partial charge < -0.3 is 10.1 Å². The molecule has 1 aromatic heterocycles. The zero-order valence-corrected chi connectivity index (χ0v) is 4.83. The van der Waals surface area contributed by atoms with Gasteiger partial charge in [0.05, 0.1) is 0 Å². The van der Waals surface area contributed by atoms with Crippen LogP contribution in [0.1, 0.15) is 0 Å². The summed E-state index contributed by atoms with van der Waals surface area (Å²) in [6.07, 6.45) is 0. The fourth-order valence-corrected chi connectivity index (χ4v) is 0.411. The molecular weight excluding hydrogens is 160 g/mol. The largest absolute Gasteiger partial charge is 0.558 e. The predicted octanol–water partition coefficient (Wildman–Crippen LogP) is -0.114. The third kappa shape index (κ3) is 1.10. The molecule has 1 rings (SSSR count). The van der Waals surface area contributed by atoms with E-state index in [-0.39, 0.29) is 0 Å². The Morgan fingerprint density at radius 3 is 2.27 bits per heavy atom. The van der Waals surface area contributed by atoms with E-state index in [0.717, 1.165) is 0 Å². The number of nitrogens with zero attached hydrogens (tertiary/aromatic N) is 4. The first-order valence-electron chi connectivity index (χ1n) is 2.24. The maximum Gasteiger partial charge on any atom is 0.558 e. The fourth-order valence-electron chi connectivity index (χ4n) is 0.411. The van der Waals surface area contributed by atoms with Crippen molar-refractivity contribution < 1.29 is 14.4 Å². The highest BCUT2D eigenvalue weighted by atomic mass is 16.7. The first-order valence-corrected chi connectivity index (χ1v) is 2.24. The van der Waals surface area contributed by atoms with Crippen LogP contribution in [-0.4, -0.2) is 20.2 Å². The second kappa shape index (κ2) is 2.28. The molecule has 0 unspecified atom stereocenters. The lowest BCUT2D eigenvalue weighted by atomic mass is 10.7. The van der Waals surface area contributed by atoms with E-state index in [9.17, 15) is 20.2 Å². The van der Waals surface area contributed by atoms with E-state index in [1.54, 1.807) is 0 Å². The third-order valence-electron chi connectivity index (χ3n) is 0.793. The van der Waals surface area contributed by atoms with Crippen molar-refractivity contribution in [2.45, 2.75) is 0 Å². The molecule has 0 atom stereocenters. The minimum atomic E-state index is -1.07. The number of rotatable bonds is 2. The molecular formula is C2N4O5. The first kappa shape index (κ1) is 7.05. The van der Waals surface area contributed by atoms with Gasteiger partial charge in [0.15, 0.2) is 5.27 Å². The average Bonchev–Trinajstić information content (AvgIpc) is 2.32. The van der Waals surface area contributed by atoms with Gasteiger partial charge in [0.1, 0.15) is 10.0 Å². The Balaban J connectivity index is 3.16. The summed E-state index contributed by atoms with van der Waals surface area (Å²) in [4.78, 5) is 17.7. The monoisotopic (exact) mass is 160 g/mol. The van der Waals surface area contributed by atoms with Gasteiger partial charge in [0.25, 0.3) is 0 Å². The third-order valence-corrected chi connectivity index (χ3v) is 0.793. The first-order chi connectivity index (χ1) is 5.13. The van der Waals surface area contributed by atoms with Crippen LogP contribution >= 0.6 is 0 Å². The lowest BCUT2D eigenvalue weighted by molar-refractivity contribution is -0.435. The minimum absolute atomic E-state index is 0.991. The van der Waals surface area contributed by atoms with E-state index in [2.05, 4.69) is 14.9 Å². The van der Waals surface area contributed by atoms with E-state index in [1.807, 2.05) is 0 Å². The van der Waals surface area contributed by atoms with Crippen molar-refractivity contribution in [3.8, 4) is 0 Å². The van der Waals surface area contributed by atoms with Crippen LogP contribution in [0.3, 0.4) is 0 Å². The Morgan fingerprint density at radius 2 is 1.91 bits per heavy atom. The summed E-state index contributed by atoms with van der Waals surface area (Å²) in [5, 5.41) is 25.3. The van der Waals surface area contributed by atoms with E-state index in [1.165, 1.54) is 0 Å². The maximum atomic E-state index is 9.93. The van der Waals surface area contributed by atoms with Crippen LogP contribution in [0.2, 0.25) is 0 Å². The van der Waals surface area contributed by atoms with E-state index in [4.69, 9.17) is 0 Å².